The maximum atomic E-state index is 12.4. The summed E-state index contributed by atoms with van der Waals surface area (Å²) in [6, 6.07) is 15.1. The molecule has 4 nitrogen and oxygen atoms in total. The Labute approximate surface area is 156 Å². The lowest BCUT2D eigenvalue weighted by Crippen LogP contribution is -2.03. The molecule has 2 aromatic carbocycles. The Morgan fingerprint density at radius 1 is 1.15 bits per heavy atom. The van der Waals surface area contributed by atoms with Crippen molar-refractivity contribution in [3.05, 3.63) is 64.7 Å². The second-order valence-electron chi connectivity index (χ2n) is 6.02. The first-order valence-corrected chi connectivity index (χ1v) is 9.12. The molecule has 0 aliphatic carbocycles. The smallest absolute Gasteiger partial charge is 0.173 e. The number of ether oxygens (including phenoxy) is 1. The maximum absolute atomic E-state index is 12.4. The van der Waals surface area contributed by atoms with E-state index in [1.807, 2.05) is 32.0 Å². The zero-order valence-corrected chi connectivity index (χ0v) is 15.7. The topological polar surface area (TPSA) is 63.0 Å². The quantitative estimate of drug-likeness (QED) is 0.486. The number of Topliss-reactive ketones (excluding diaryl/α,β-unsaturated/α-hetero) is 1. The number of pyridine rings is 1. The molecule has 0 atom stereocenters. The highest BCUT2D eigenvalue weighted by Crippen LogP contribution is 2.27. The van der Waals surface area contributed by atoms with E-state index < -0.39 is 0 Å². The van der Waals surface area contributed by atoms with Crippen molar-refractivity contribution >= 4 is 28.4 Å². The van der Waals surface area contributed by atoms with Crippen molar-refractivity contribution in [1.29, 1.82) is 5.26 Å². The lowest BCUT2D eigenvalue weighted by atomic mass is 10.1. The van der Waals surface area contributed by atoms with Gasteiger partial charge in [0.1, 0.15) is 16.8 Å². The largest absolute Gasteiger partial charge is 0.497 e. The first kappa shape index (κ1) is 18.0. The van der Waals surface area contributed by atoms with E-state index in [0.717, 1.165) is 16.5 Å². The molecule has 0 aliphatic rings. The van der Waals surface area contributed by atoms with E-state index in [-0.39, 0.29) is 11.5 Å². The van der Waals surface area contributed by atoms with Crippen molar-refractivity contribution in [3.63, 3.8) is 0 Å². The van der Waals surface area contributed by atoms with Crippen LogP contribution in [0, 0.1) is 25.2 Å². The van der Waals surface area contributed by atoms with Gasteiger partial charge in [-0.05, 0) is 67.4 Å². The Bertz CT molecular complexity index is 1020. The lowest BCUT2D eigenvalue weighted by Gasteiger charge is -2.08. The fourth-order valence-electron chi connectivity index (χ4n) is 2.61. The van der Waals surface area contributed by atoms with Crippen LogP contribution in [0.5, 0.6) is 5.75 Å². The van der Waals surface area contributed by atoms with Crippen LogP contribution < -0.4 is 4.74 Å². The number of nitrogens with zero attached hydrogens (tertiary/aromatic N) is 2. The van der Waals surface area contributed by atoms with Crippen LogP contribution in [0.2, 0.25) is 0 Å². The lowest BCUT2D eigenvalue weighted by molar-refractivity contribution is 0.102. The first-order chi connectivity index (χ1) is 12.5. The van der Waals surface area contributed by atoms with Gasteiger partial charge in [0.15, 0.2) is 5.78 Å². The van der Waals surface area contributed by atoms with E-state index in [4.69, 9.17) is 4.74 Å². The molecule has 0 saturated carbocycles. The number of rotatable bonds is 5. The van der Waals surface area contributed by atoms with Crippen molar-refractivity contribution in [2.45, 2.75) is 18.9 Å². The number of nitriles is 1. The van der Waals surface area contributed by atoms with Gasteiger partial charge in [-0.1, -0.05) is 11.8 Å². The Kier molecular flexibility index (Phi) is 5.24. The molecule has 0 unspecified atom stereocenters. The highest BCUT2D eigenvalue weighted by molar-refractivity contribution is 8.00. The summed E-state index contributed by atoms with van der Waals surface area (Å²) in [7, 11) is 1.59. The molecule has 3 rings (SSSR count). The fraction of sp³-hybridized carbons (Fsp3) is 0.190. The van der Waals surface area contributed by atoms with E-state index in [1.54, 1.807) is 31.4 Å². The van der Waals surface area contributed by atoms with Gasteiger partial charge in [-0.25, -0.2) is 4.98 Å². The van der Waals surface area contributed by atoms with Gasteiger partial charge in [0.2, 0.25) is 0 Å². The average Bonchev–Trinajstić information content (AvgIpc) is 2.66. The van der Waals surface area contributed by atoms with Gasteiger partial charge in [-0.2, -0.15) is 5.26 Å². The van der Waals surface area contributed by atoms with E-state index in [1.165, 1.54) is 17.3 Å². The fourth-order valence-corrected chi connectivity index (χ4v) is 3.46. The first-order valence-electron chi connectivity index (χ1n) is 8.14. The van der Waals surface area contributed by atoms with E-state index in [0.29, 0.717) is 21.9 Å². The van der Waals surface area contributed by atoms with Gasteiger partial charge in [-0.15, -0.1) is 0 Å². The molecule has 26 heavy (non-hydrogen) atoms. The molecule has 0 amide bonds. The third-order valence-electron chi connectivity index (χ3n) is 4.27. The summed E-state index contributed by atoms with van der Waals surface area (Å²) in [4.78, 5) is 17.0. The number of hydrogen-bond acceptors (Lipinski definition) is 5. The van der Waals surface area contributed by atoms with Gasteiger partial charge in [0, 0.05) is 10.9 Å². The Hall–Kier alpha value is -2.84. The number of carbonyl (C=O) groups is 1. The summed E-state index contributed by atoms with van der Waals surface area (Å²) in [6.45, 7) is 4.08. The molecule has 0 spiro atoms. The van der Waals surface area contributed by atoms with Gasteiger partial charge in [0.05, 0.1) is 23.9 Å². The molecular formula is C21H18N2O2S. The highest BCUT2D eigenvalue weighted by Gasteiger charge is 2.12. The molecule has 0 aliphatic heterocycles. The minimum absolute atomic E-state index is 0.0106. The molecule has 0 bridgehead atoms. The maximum Gasteiger partial charge on any atom is 0.173 e. The molecule has 5 heteroatoms. The predicted octanol–water partition coefficient (Wildman–Crippen LogP) is 4.71. The summed E-state index contributed by atoms with van der Waals surface area (Å²) < 4.78 is 5.10. The summed E-state index contributed by atoms with van der Waals surface area (Å²) in [5, 5.41) is 11.0. The third kappa shape index (κ3) is 3.71. The van der Waals surface area contributed by atoms with Crippen LogP contribution in [-0.4, -0.2) is 23.6 Å². The number of hydrogen-bond donors (Lipinski definition) is 0. The van der Waals surface area contributed by atoms with Crippen molar-refractivity contribution < 1.29 is 9.53 Å². The second kappa shape index (κ2) is 7.59. The van der Waals surface area contributed by atoms with Crippen molar-refractivity contribution in [2.24, 2.45) is 0 Å². The summed E-state index contributed by atoms with van der Waals surface area (Å²) >= 11 is 1.30. The van der Waals surface area contributed by atoms with Gasteiger partial charge < -0.3 is 4.74 Å². The number of benzene rings is 2. The third-order valence-corrected chi connectivity index (χ3v) is 5.26. The van der Waals surface area contributed by atoms with E-state index >= 15 is 0 Å². The molecule has 0 N–H and O–H groups in total. The van der Waals surface area contributed by atoms with Crippen LogP contribution in [-0.2, 0) is 0 Å². The number of carbonyl (C=O) groups excluding carboxylic acids is 1. The van der Waals surface area contributed by atoms with Crippen LogP contribution in [0.1, 0.15) is 27.0 Å². The molecule has 0 fully saturated rings. The van der Waals surface area contributed by atoms with Crippen molar-refractivity contribution in [2.75, 3.05) is 12.9 Å². The highest BCUT2D eigenvalue weighted by atomic mass is 32.2. The van der Waals surface area contributed by atoms with E-state index in [9.17, 15) is 10.1 Å². The van der Waals surface area contributed by atoms with E-state index in [2.05, 4.69) is 11.1 Å². The Morgan fingerprint density at radius 3 is 2.50 bits per heavy atom. The molecule has 1 heterocycles. The molecule has 130 valence electrons. The zero-order valence-electron chi connectivity index (χ0n) is 14.9. The Balaban J connectivity index is 1.84. The number of methoxy groups -OCH3 is 1. The summed E-state index contributed by atoms with van der Waals surface area (Å²) in [5.74, 6) is 0.927. The second-order valence-corrected chi connectivity index (χ2v) is 6.99. The minimum Gasteiger partial charge on any atom is -0.497 e. The van der Waals surface area contributed by atoms with Crippen LogP contribution >= 0.6 is 11.8 Å². The van der Waals surface area contributed by atoms with Crippen LogP contribution in [0.4, 0.5) is 0 Å². The monoisotopic (exact) mass is 362 g/mol. The Morgan fingerprint density at radius 2 is 1.85 bits per heavy atom. The predicted molar refractivity (Wildman–Crippen MR) is 104 cm³/mol. The molecule has 0 radical (unpaired) electrons. The number of fused-ring (bicyclic) bond motifs is 1. The normalized spacial score (nSPS) is 10.5. The molecule has 1 aromatic heterocycles. The summed E-state index contributed by atoms with van der Waals surface area (Å²) in [6.07, 6.45) is 0. The number of thioether (sulfide) groups is 1. The van der Waals surface area contributed by atoms with Crippen molar-refractivity contribution in [3.8, 4) is 11.8 Å². The van der Waals surface area contributed by atoms with Gasteiger partial charge in [0.25, 0.3) is 0 Å². The van der Waals surface area contributed by atoms with Crippen LogP contribution in [0.25, 0.3) is 10.9 Å². The van der Waals surface area contributed by atoms with Gasteiger partial charge in [-0.3, -0.25) is 4.79 Å². The number of aryl methyl sites for hydroxylation is 2. The van der Waals surface area contributed by atoms with Crippen molar-refractivity contribution in [1.82, 2.24) is 4.98 Å². The molecule has 3 aromatic rings. The molecular weight excluding hydrogens is 344 g/mol. The van der Waals surface area contributed by atoms with Crippen LogP contribution in [0.15, 0.2) is 47.5 Å². The minimum atomic E-state index is -0.0106. The summed E-state index contributed by atoms with van der Waals surface area (Å²) in [5.41, 5.74) is 4.27. The SMILES string of the molecule is COc1ccc(C(=O)CSc2nc3cc(C)c(C)cc3cc2C#N)cc1. The number of ketones is 1. The standard InChI is InChI=1S/C21H18N2O2S/c1-13-8-16-10-17(11-22)21(23-19(16)9-14(13)2)26-12-20(24)15-4-6-18(25-3)7-5-15/h4-10H,12H2,1-3H3. The van der Waals surface area contributed by atoms with Gasteiger partial charge >= 0.3 is 0 Å². The molecule has 0 saturated heterocycles. The number of aromatic nitrogens is 1. The zero-order chi connectivity index (χ0) is 18.7. The van der Waals surface area contributed by atoms with Crippen LogP contribution in [0.3, 0.4) is 0 Å². The average molecular weight is 362 g/mol.